The molecule has 0 amide bonds. The first-order valence-electron chi connectivity index (χ1n) is 9.64. The molecule has 0 aliphatic carbocycles. The third-order valence-electron chi connectivity index (χ3n) is 4.25. The summed E-state index contributed by atoms with van der Waals surface area (Å²) >= 11 is 4.52. The van der Waals surface area contributed by atoms with Crippen LogP contribution in [0, 0.1) is 0 Å². The molecule has 0 saturated heterocycles. The highest BCUT2D eigenvalue weighted by molar-refractivity contribution is 9.10. The van der Waals surface area contributed by atoms with Crippen LogP contribution in [-0.4, -0.2) is 40.7 Å². The Kier molecular flexibility index (Phi) is 8.11. The van der Waals surface area contributed by atoms with Crippen molar-refractivity contribution in [2.45, 2.75) is 11.8 Å². The summed E-state index contributed by atoms with van der Waals surface area (Å²) in [7, 11) is -2.54. The molecule has 11 heteroatoms. The van der Waals surface area contributed by atoms with E-state index in [0.29, 0.717) is 20.6 Å². The van der Waals surface area contributed by atoms with Crippen LogP contribution in [0.2, 0.25) is 0 Å². The van der Waals surface area contributed by atoms with Crippen molar-refractivity contribution in [3.63, 3.8) is 0 Å². The van der Waals surface area contributed by atoms with Gasteiger partial charge in [-0.15, -0.1) is 11.3 Å². The summed E-state index contributed by atoms with van der Waals surface area (Å²) in [6.07, 6.45) is 0. The fourth-order valence-electron chi connectivity index (χ4n) is 2.81. The highest BCUT2D eigenvalue weighted by atomic mass is 79.9. The molecule has 2 aromatic carbocycles. The number of hydrogen-bond acceptors (Lipinski definition) is 8. The molecular formula is C22H20BrNO7S2. The lowest BCUT2D eigenvalue weighted by atomic mass is 10.1. The largest absolute Gasteiger partial charge is 0.479 e. The van der Waals surface area contributed by atoms with Gasteiger partial charge in [0.2, 0.25) is 0 Å². The average molecular weight is 554 g/mol. The van der Waals surface area contributed by atoms with Gasteiger partial charge in [-0.3, -0.25) is 4.72 Å². The van der Waals surface area contributed by atoms with Gasteiger partial charge in [0.25, 0.3) is 10.0 Å². The number of thiophene rings is 1. The summed E-state index contributed by atoms with van der Waals surface area (Å²) in [5, 5.41) is 0. The van der Waals surface area contributed by atoms with Gasteiger partial charge in [-0.25, -0.2) is 18.0 Å². The molecule has 1 aromatic heterocycles. The normalized spacial score (nSPS) is 11.0. The van der Waals surface area contributed by atoms with Crippen molar-refractivity contribution in [1.29, 1.82) is 0 Å². The topological polar surface area (TPSA) is 108 Å². The molecule has 0 saturated carbocycles. The number of hydrogen-bond donors (Lipinski definition) is 1. The number of methoxy groups -OCH3 is 1. The van der Waals surface area contributed by atoms with E-state index in [1.165, 1.54) is 19.2 Å². The van der Waals surface area contributed by atoms with Crippen molar-refractivity contribution >= 4 is 54.9 Å². The predicted molar refractivity (Wildman–Crippen MR) is 128 cm³/mol. The smallest absolute Gasteiger partial charge is 0.351 e. The molecule has 0 bridgehead atoms. The standard InChI is InChI=1S/C22H20BrNO7S2/c1-3-30-17(25)13-31-19-18(23)20(32-21(19)22(26)29-2)14-8-7-9-15(12-14)24-33(27,28)16-10-5-4-6-11-16/h4-12,24H,3,13H2,1-2H3. The van der Waals surface area contributed by atoms with Crippen LogP contribution in [0.5, 0.6) is 5.75 Å². The number of nitrogens with one attached hydrogen (secondary N) is 1. The Bertz CT molecular complexity index is 1260. The number of carbonyl (C=O) groups excluding carboxylic acids is 2. The number of sulfonamides is 1. The first-order chi connectivity index (χ1) is 15.8. The highest BCUT2D eigenvalue weighted by Gasteiger charge is 2.26. The molecule has 0 spiro atoms. The average Bonchev–Trinajstić information content (AvgIpc) is 3.14. The lowest BCUT2D eigenvalue weighted by Gasteiger charge is -2.09. The fourth-order valence-corrected chi connectivity index (χ4v) is 5.85. The SMILES string of the molecule is CCOC(=O)COc1c(C(=O)OC)sc(-c2cccc(NS(=O)(=O)c3ccccc3)c2)c1Br. The number of anilines is 1. The monoisotopic (exact) mass is 553 g/mol. The van der Waals surface area contributed by atoms with E-state index in [1.54, 1.807) is 49.4 Å². The molecule has 1 N–H and O–H groups in total. The van der Waals surface area contributed by atoms with Gasteiger partial charge in [0.05, 0.1) is 28.0 Å². The lowest BCUT2D eigenvalue weighted by molar-refractivity contribution is -0.145. The van der Waals surface area contributed by atoms with Crippen molar-refractivity contribution in [3.05, 3.63) is 63.9 Å². The molecular weight excluding hydrogens is 534 g/mol. The predicted octanol–water partition coefficient (Wildman–Crippen LogP) is 4.71. The number of esters is 2. The summed E-state index contributed by atoms with van der Waals surface area (Å²) in [4.78, 5) is 24.9. The second kappa shape index (κ2) is 10.8. The first-order valence-corrected chi connectivity index (χ1v) is 12.7. The Morgan fingerprint density at radius 3 is 2.48 bits per heavy atom. The summed E-state index contributed by atoms with van der Waals surface area (Å²) < 4.78 is 43.6. The number of halogens is 1. The van der Waals surface area contributed by atoms with Crippen LogP contribution < -0.4 is 9.46 Å². The minimum absolute atomic E-state index is 0.135. The van der Waals surface area contributed by atoms with Crippen molar-refractivity contribution in [2.24, 2.45) is 0 Å². The van der Waals surface area contributed by atoms with E-state index >= 15 is 0 Å². The van der Waals surface area contributed by atoms with Gasteiger partial charge >= 0.3 is 11.9 Å². The van der Waals surface area contributed by atoms with E-state index in [2.05, 4.69) is 20.7 Å². The fraction of sp³-hybridized carbons (Fsp3) is 0.182. The van der Waals surface area contributed by atoms with Crippen molar-refractivity contribution in [1.82, 2.24) is 0 Å². The van der Waals surface area contributed by atoms with Gasteiger partial charge in [-0.1, -0.05) is 30.3 Å². The van der Waals surface area contributed by atoms with Gasteiger partial charge in [-0.2, -0.15) is 0 Å². The summed E-state index contributed by atoms with van der Waals surface area (Å²) in [6, 6.07) is 14.7. The molecule has 3 aromatic rings. The molecule has 1 heterocycles. The van der Waals surface area contributed by atoms with Crippen LogP contribution in [0.25, 0.3) is 10.4 Å². The number of carbonyl (C=O) groups is 2. The van der Waals surface area contributed by atoms with E-state index in [1.807, 2.05) is 0 Å². The van der Waals surface area contributed by atoms with Crippen molar-refractivity contribution in [3.8, 4) is 16.2 Å². The van der Waals surface area contributed by atoms with Gasteiger partial charge in [-0.05, 0) is 52.7 Å². The molecule has 0 fully saturated rings. The van der Waals surface area contributed by atoms with Crippen LogP contribution >= 0.6 is 27.3 Å². The van der Waals surface area contributed by atoms with E-state index in [9.17, 15) is 18.0 Å². The van der Waals surface area contributed by atoms with Crippen LogP contribution in [-0.2, 0) is 24.3 Å². The van der Waals surface area contributed by atoms with Gasteiger partial charge in [0.1, 0.15) is 0 Å². The van der Waals surface area contributed by atoms with Crippen molar-refractivity contribution in [2.75, 3.05) is 25.0 Å². The molecule has 0 unspecified atom stereocenters. The third-order valence-corrected chi connectivity index (χ3v) is 7.87. The zero-order valence-electron chi connectivity index (χ0n) is 17.7. The molecule has 33 heavy (non-hydrogen) atoms. The Morgan fingerprint density at radius 2 is 1.82 bits per heavy atom. The number of ether oxygens (including phenoxy) is 3. The molecule has 0 radical (unpaired) electrons. The maximum atomic E-state index is 12.7. The Morgan fingerprint density at radius 1 is 1.09 bits per heavy atom. The third kappa shape index (κ3) is 5.92. The number of benzene rings is 2. The highest BCUT2D eigenvalue weighted by Crippen LogP contribution is 2.46. The van der Waals surface area contributed by atoms with Crippen LogP contribution in [0.1, 0.15) is 16.6 Å². The molecule has 0 atom stereocenters. The molecule has 8 nitrogen and oxygen atoms in total. The Balaban J connectivity index is 1.94. The molecule has 0 aliphatic rings. The quantitative estimate of drug-likeness (QED) is 0.382. The zero-order valence-corrected chi connectivity index (χ0v) is 20.9. The second-order valence-electron chi connectivity index (χ2n) is 6.49. The molecule has 0 aliphatic heterocycles. The zero-order chi connectivity index (χ0) is 24.0. The van der Waals surface area contributed by atoms with Gasteiger partial charge in [0, 0.05) is 5.69 Å². The first kappa shape index (κ1) is 24.7. The number of rotatable bonds is 9. The van der Waals surface area contributed by atoms with E-state index in [4.69, 9.17) is 14.2 Å². The minimum Gasteiger partial charge on any atom is -0.479 e. The van der Waals surface area contributed by atoms with Crippen LogP contribution in [0.4, 0.5) is 5.69 Å². The maximum absolute atomic E-state index is 12.7. The van der Waals surface area contributed by atoms with Crippen LogP contribution in [0.3, 0.4) is 0 Å². The Hall–Kier alpha value is -2.89. The summed E-state index contributed by atoms with van der Waals surface area (Å²) in [5.41, 5.74) is 0.960. The second-order valence-corrected chi connectivity index (χ2v) is 9.98. The van der Waals surface area contributed by atoms with E-state index < -0.39 is 22.0 Å². The van der Waals surface area contributed by atoms with E-state index in [-0.39, 0.29) is 28.7 Å². The van der Waals surface area contributed by atoms with Gasteiger partial charge in [0.15, 0.2) is 17.2 Å². The lowest BCUT2D eigenvalue weighted by Crippen LogP contribution is -2.15. The molecule has 3 rings (SSSR count). The van der Waals surface area contributed by atoms with E-state index in [0.717, 1.165) is 11.3 Å². The Labute approximate surface area is 203 Å². The van der Waals surface area contributed by atoms with Crippen LogP contribution in [0.15, 0.2) is 64.0 Å². The maximum Gasteiger partial charge on any atom is 0.351 e. The minimum atomic E-state index is -3.77. The summed E-state index contributed by atoms with van der Waals surface area (Å²) in [6.45, 7) is 1.49. The molecule has 174 valence electrons. The van der Waals surface area contributed by atoms with Crippen molar-refractivity contribution < 1.29 is 32.2 Å². The van der Waals surface area contributed by atoms with Gasteiger partial charge < -0.3 is 14.2 Å². The summed E-state index contributed by atoms with van der Waals surface area (Å²) in [5.74, 6) is -1.07.